The van der Waals surface area contributed by atoms with Crippen molar-refractivity contribution in [2.75, 3.05) is 38.2 Å². The second kappa shape index (κ2) is 11.0. The lowest BCUT2D eigenvalue weighted by Crippen LogP contribution is -2.51. The van der Waals surface area contributed by atoms with Gasteiger partial charge in [-0.3, -0.25) is 14.5 Å². The number of para-hydroxylation sites is 1. The van der Waals surface area contributed by atoms with Gasteiger partial charge in [-0.2, -0.15) is 0 Å². The van der Waals surface area contributed by atoms with E-state index in [1.165, 1.54) is 12.1 Å². The Morgan fingerprint density at radius 3 is 2.60 bits per heavy atom. The lowest BCUT2D eigenvalue weighted by Gasteiger charge is -2.37. The minimum absolute atomic E-state index is 0.0551. The molecule has 0 aliphatic carbocycles. The standard InChI is InChI=1S/C30H37ClF2N4O3/c1-17(37-11-13-40-14-12-37)16-34-27(38)26-23(18-7-5-9-20(31)24(18)33)30(22(35-26)15-29(2,3)4)19-8-6-10-21(32)25(19)36-28(30)39/h5-10,17,22-23,26,35H,11-16H2,1-4H3,(H,34,38)(H,36,39). The fourth-order valence-corrected chi connectivity index (χ4v) is 6.85. The molecule has 5 rings (SSSR count). The van der Waals surface area contributed by atoms with E-state index in [9.17, 15) is 9.59 Å². The summed E-state index contributed by atoms with van der Waals surface area (Å²) in [5.74, 6) is -3.06. The van der Waals surface area contributed by atoms with E-state index in [1.54, 1.807) is 24.3 Å². The minimum Gasteiger partial charge on any atom is -0.379 e. The van der Waals surface area contributed by atoms with Crippen LogP contribution in [0.15, 0.2) is 36.4 Å². The zero-order chi connectivity index (χ0) is 28.8. The van der Waals surface area contributed by atoms with Crippen molar-refractivity contribution in [1.29, 1.82) is 0 Å². The Hall–Kier alpha value is -2.59. The van der Waals surface area contributed by atoms with E-state index in [-0.39, 0.29) is 33.6 Å². The highest BCUT2D eigenvalue weighted by molar-refractivity contribution is 6.30. The van der Waals surface area contributed by atoms with E-state index in [0.717, 1.165) is 13.1 Å². The molecule has 1 spiro atoms. The molecule has 7 nitrogen and oxygen atoms in total. The number of fused-ring (bicyclic) bond motifs is 2. The van der Waals surface area contributed by atoms with E-state index in [0.29, 0.717) is 31.7 Å². The molecule has 2 aromatic carbocycles. The van der Waals surface area contributed by atoms with Crippen LogP contribution in [-0.2, 0) is 19.7 Å². The molecular formula is C30H37ClF2N4O3. The number of carbonyl (C=O) groups is 2. The SMILES string of the molecule is CC(CNC(=O)C1NC(CC(C)(C)C)C2(C(=O)Nc3c(F)cccc32)C1c1cccc(Cl)c1F)N1CCOCC1. The Kier molecular flexibility index (Phi) is 7.96. The third-order valence-electron chi connectivity index (χ3n) is 8.48. The minimum atomic E-state index is -1.45. The molecule has 2 fully saturated rings. The first-order valence-electron chi connectivity index (χ1n) is 13.8. The number of nitrogens with zero attached hydrogens (tertiary/aromatic N) is 1. The van der Waals surface area contributed by atoms with Crippen LogP contribution in [0, 0.1) is 17.0 Å². The van der Waals surface area contributed by atoms with Gasteiger partial charge in [-0.15, -0.1) is 0 Å². The molecule has 2 aromatic rings. The first-order valence-corrected chi connectivity index (χ1v) is 14.2. The van der Waals surface area contributed by atoms with Crippen LogP contribution in [-0.4, -0.2) is 67.7 Å². The molecule has 3 aliphatic heterocycles. The van der Waals surface area contributed by atoms with Gasteiger partial charge in [-0.1, -0.05) is 56.6 Å². The van der Waals surface area contributed by atoms with Crippen LogP contribution in [0.2, 0.25) is 5.02 Å². The molecule has 2 amide bonds. The van der Waals surface area contributed by atoms with Gasteiger partial charge in [0.1, 0.15) is 17.0 Å². The Morgan fingerprint density at radius 2 is 1.90 bits per heavy atom. The van der Waals surface area contributed by atoms with Gasteiger partial charge in [0.15, 0.2) is 0 Å². The van der Waals surface area contributed by atoms with Crippen LogP contribution in [0.5, 0.6) is 0 Å². The van der Waals surface area contributed by atoms with Crippen molar-refractivity contribution < 1.29 is 23.1 Å². The summed E-state index contributed by atoms with van der Waals surface area (Å²) in [4.78, 5) is 30.3. The van der Waals surface area contributed by atoms with Crippen LogP contribution < -0.4 is 16.0 Å². The second-order valence-corrected chi connectivity index (χ2v) is 12.7. The first-order chi connectivity index (χ1) is 18.9. The molecule has 3 N–H and O–H groups in total. The lowest BCUT2D eigenvalue weighted by molar-refractivity contribution is -0.124. The number of hydrogen-bond acceptors (Lipinski definition) is 5. The number of amides is 2. The largest absolute Gasteiger partial charge is 0.379 e. The predicted molar refractivity (Wildman–Crippen MR) is 151 cm³/mol. The summed E-state index contributed by atoms with van der Waals surface area (Å²) in [6.45, 7) is 11.3. The van der Waals surface area contributed by atoms with E-state index in [1.807, 2.05) is 27.7 Å². The fourth-order valence-electron chi connectivity index (χ4n) is 6.66. The summed E-state index contributed by atoms with van der Waals surface area (Å²) in [5, 5.41) is 9.12. The van der Waals surface area contributed by atoms with Crippen molar-refractivity contribution in [3.8, 4) is 0 Å². The van der Waals surface area contributed by atoms with Gasteiger partial charge in [0.05, 0.1) is 30.0 Å². The number of halogens is 3. The topological polar surface area (TPSA) is 82.7 Å². The highest BCUT2D eigenvalue weighted by Crippen LogP contribution is 2.57. The highest BCUT2D eigenvalue weighted by Gasteiger charge is 2.66. The average Bonchev–Trinajstić information content (AvgIpc) is 3.40. The number of morpholine rings is 1. The van der Waals surface area contributed by atoms with Crippen LogP contribution in [0.4, 0.5) is 14.5 Å². The molecule has 10 heteroatoms. The molecule has 40 heavy (non-hydrogen) atoms. The van der Waals surface area contributed by atoms with Crippen molar-refractivity contribution in [3.63, 3.8) is 0 Å². The van der Waals surface area contributed by atoms with Crippen LogP contribution in [0.25, 0.3) is 0 Å². The molecule has 0 bridgehead atoms. The Balaban J connectivity index is 1.60. The molecule has 5 atom stereocenters. The van der Waals surface area contributed by atoms with Crippen LogP contribution in [0.1, 0.15) is 51.2 Å². The molecule has 3 aliphatic rings. The van der Waals surface area contributed by atoms with Gasteiger partial charge in [-0.05, 0) is 42.0 Å². The number of carbonyl (C=O) groups excluding carboxylic acids is 2. The van der Waals surface area contributed by atoms with Gasteiger partial charge in [-0.25, -0.2) is 8.78 Å². The maximum atomic E-state index is 15.8. The average molecular weight is 575 g/mol. The van der Waals surface area contributed by atoms with Crippen molar-refractivity contribution in [2.45, 2.75) is 63.6 Å². The monoisotopic (exact) mass is 574 g/mol. The summed E-state index contributed by atoms with van der Waals surface area (Å²) in [7, 11) is 0. The lowest BCUT2D eigenvalue weighted by atomic mass is 9.62. The molecule has 2 saturated heterocycles. The quantitative estimate of drug-likeness (QED) is 0.482. The number of hydrogen-bond donors (Lipinski definition) is 3. The summed E-state index contributed by atoms with van der Waals surface area (Å²) < 4.78 is 36.3. The van der Waals surface area contributed by atoms with E-state index in [2.05, 4.69) is 20.9 Å². The molecule has 0 radical (unpaired) electrons. The Bertz CT molecular complexity index is 1300. The molecule has 5 unspecified atom stereocenters. The van der Waals surface area contributed by atoms with Crippen LogP contribution >= 0.6 is 11.6 Å². The van der Waals surface area contributed by atoms with Crippen molar-refractivity contribution in [3.05, 3.63) is 64.2 Å². The van der Waals surface area contributed by atoms with Crippen LogP contribution in [0.3, 0.4) is 0 Å². The normalized spacial score (nSPS) is 27.5. The molecule has 0 aromatic heterocycles. The van der Waals surface area contributed by atoms with Gasteiger partial charge in [0, 0.05) is 37.6 Å². The Morgan fingerprint density at radius 1 is 1.20 bits per heavy atom. The third kappa shape index (κ3) is 5.02. The van der Waals surface area contributed by atoms with Gasteiger partial charge in [0.25, 0.3) is 0 Å². The Labute approximate surface area is 239 Å². The summed E-state index contributed by atoms with van der Waals surface area (Å²) in [6.07, 6.45) is 0.475. The maximum Gasteiger partial charge on any atom is 0.237 e. The summed E-state index contributed by atoms with van der Waals surface area (Å²) in [5.41, 5.74) is -1.09. The van der Waals surface area contributed by atoms with Crippen molar-refractivity contribution >= 4 is 29.1 Å². The van der Waals surface area contributed by atoms with Gasteiger partial charge < -0.3 is 20.7 Å². The molecule has 0 saturated carbocycles. The van der Waals surface area contributed by atoms with E-state index < -0.39 is 41.0 Å². The van der Waals surface area contributed by atoms with E-state index >= 15 is 8.78 Å². The number of nitrogens with one attached hydrogen (secondary N) is 3. The molecule has 3 heterocycles. The number of benzene rings is 2. The van der Waals surface area contributed by atoms with Crippen molar-refractivity contribution in [2.24, 2.45) is 5.41 Å². The highest BCUT2D eigenvalue weighted by atomic mass is 35.5. The zero-order valence-corrected chi connectivity index (χ0v) is 24.1. The third-order valence-corrected chi connectivity index (χ3v) is 8.78. The summed E-state index contributed by atoms with van der Waals surface area (Å²) >= 11 is 6.24. The van der Waals surface area contributed by atoms with Gasteiger partial charge >= 0.3 is 0 Å². The smallest absolute Gasteiger partial charge is 0.237 e. The zero-order valence-electron chi connectivity index (χ0n) is 23.3. The molecular weight excluding hydrogens is 538 g/mol. The molecule has 216 valence electrons. The number of rotatable bonds is 6. The second-order valence-electron chi connectivity index (χ2n) is 12.3. The predicted octanol–water partition coefficient (Wildman–Crippen LogP) is 4.21. The van der Waals surface area contributed by atoms with Gasteiger partial charge in [0.2, 0.25) is 11.8 Å². The maximum absolute atomic E-state index is 15.8. The van der Waals surface area contributed by atoms with Crippen molar-refractivity contribution in [1.82, 2.24) is 15.5 Å². The number of anilines is 1. The number of ether oxygens (including phenoxy) is 1. The van der Waals surface area contributed by atoms with E-state index in [4.69, 9.17) is 16.3 Å². The first kappa shape index (κ1) is 28.9. The summed E-state index contributed by atoms with van der Waals surface area (Å²) in [6, 6.07) is 7.63. The fraction of sp³-hybridized carbons (Fsp3) is 0.533.